The highest BCUT2D eigenvalue weighted by molar-refractivity contribution is 5.69. The minimum atomic E-state index is -0.837. The van der Waals surface area contributed by atoms with Crippen molar-refractivity contribution in [2.75, 3.05) is 13.2 Å². The van der Waals surface area contributed by atoms with Gasteiger partial charge < -0.3 is 14.9 Å². The highest BCUT2D eigenvalue weighted by atomic mass is 16.6. The molecule has 1 amide bonds. The minimum Gasteiger partial charge on any atom is -0.481 e. The molecular weight excluding hydrogens is 358 g/mol. The van der Waals surface area contributed by atoms with Crippen molar-refractivity contribution >= 4 is 12.1 Å². The Balaban J connectivity index is 1.90. The van der Waals surface area contributed by atoms with E-state index in [0.717, 1.165) is 11.1 Å². The number of carbonyl (C=O) groups is 2. The Kier molecular flexibility index (Phi) is 8.57. The fraction of sp³-hybridized carbons (Fsp3) is 0.455. The van der Waals surface area contributed by atoms with Gasteiger partial charge in [0.1, 0.15) is 0 Å². The summed E-state index contributed by atoms with van der Waals surface area (Å²) < 4.78 is 5.09. The molecule has 28 heavy (non-hydrogen) atoms. The first-order valence-corrected chi connectivity index (χ1v) is 9.49. The van der Waals surface area contributed by atoms with Gasteiger partial charge in [-0.2, -0.15) is 0 Å². The maximum Gasteiger partial charge on any atom is 0.411 e. The Morgan fingerprint density at radius 1 is 1.39 bits per heavy atom. The number of carboxylic acid groups (broad SMARTS) is 1. The van der Waals surface area contributed by atoms with Gasteiger partial charge in [-0.15, -0.1) is 5.92 Å². The highest BCUT2D eigenvalue weighted by Crippen LogP contribution is 2.16. The smallest absolute Gasteiger partial charge is 0.411 e. The number of hydrogen-bond donors (Lipinski definition) is 2. The van der Waals surface area contributed by atoms with Gasteiger partial charge in [-0.1, -0.05) is 42.3 Å². The average Bonchev–Trinajstić information content (AvgIpc) is 2.66. The zero-order chi connectivity index (χ0) is 20.4. The van der Waals surface area contributed by atoms with E-state index in [2.05, 4.69) is 11.8 Å². The summed E-state index contributed by atoms with van der Waals surface area (Å²) in [4.78, 5) is 24.1. The molecule has 6 nitrogen and oxygen atoms in total. The lowest BCUT2D eigenvalue weighted by atomic mass is 10.0. The first-order valence-electron chi connectivity index (χ1n) is 9.49. The number of unbranched alkanes of at least 4 members (excludes halogenated alkanes) is 1. The fourth-order valence-corrected chi connectivity index (χ4v) is 2.97. The lowest BCUT2D eigenvalue weighted by Crippen LogP contribution is -2.44. The van der Waals surface area contributed by atoms with Crippen LogP contribution in [0.4, 0.5) is 4.79 Å². The molecular formula is C22H27NO5. The molecule has 1 fully saturated rings. The second-order valence-electron chi connectivity index (χ2n) is 6.78. The number of ether oxygens (including phenoxy) is 1. The molecule has 1 saturated heterocycles. The molecule has 2 atom stereocenters. The van der Waals surface area contributed by atoms with E-state index in [1.165, 1.54) is 4.90 Å². The molecule has 2 rings (SSSR count). The molecule has 1 unspecified atom stereocenters. The first kappa shape index (κ1) is 21.5. The van der Waals surface area contributed by atoms with Gasteiger partial charge >= 0.3 is 12.1 Å². The zero-order valence-electron chi connectivity index (χ0n) is 16.1. The van der Waals surface area contributed by atoms with Crippen molar-refractivity contribution in [1.82, 2.24) is 4.90 Å². The number of cyclic esters (lactones) is 1. The number of amides is 1. The summed E-state index contributed by atoms with van der Waals surface area (Å²) >= 11 is 0. The maximum atomic E-state index is 12.1. The van der Waals surface area contributed by atoms with E-state index in [-0.39, 0.29) is 19.0 Å². The van der Waals surface area contributed by atoms with Gasteiger partial charge in [-0.25, -0.2) is 4.79 Å². The van der Waals surface area contributed by atoms with Gasteiger partial charge in [0.2, 0.25) is 0 Å². The molecule has 2 N–H and O–H groups in total. The molecule has 1 aromatic carbocycles. The summed E-state index contributed by atoms with van der Waals surface area (Å²) in [5.41, 5.74) is 2.22. The van der Waals surface area contributed by atoms with Crippen molar-refractivity contribution in [3.63, 3.8) is 0 Å². The molecule has 0 aromatic heterocycles. The van der Waals surface area contributed by atoms with Crippen molar-refractivity contribution < 1.29 is 24.5 Å². The van der Waals surface area contributed by atoms with Crippen molar-refractivity contribution in [2.24, 2.45) is 0 Å². The van der Waals surface area contributed by atoms with Crippen molar-refractivity contribution in [1.29, 1.82) is 0 Å². The lowest BCUT2D eigenvalue weighted by molar-refractivity contribution is -0.137. The Hall–Kier alpha value is -2.78. The Morgan fingerprint density at radius 2 is 2.18 bits per heavy atom. The summed E-state index contributed by atoms with van der Waals surface area (Å²) in [6.45, 7) is 2.57. The molecule has 0 radical (unpaired) electrons. The summed E-state index contributed by atoms with van der Waals surface area (Å²) in [5.74, 6) is 4.97. The third-order valence-electron chi connectivity index (χ3n) is 4.59. The second-order valence-corrected chi connectivity index (χ2v) is 6.78. The van der Waals surface area contributed by atoms with Gasteiger partial charge in [0.05, 0.1) is 25.3 Å². The number of nitrogens with zero attached hydrogens (tertiary/aromatic N) is 1. The summed E-state index contributed by atoms with van der Waals surface area (Å²) in [6.07, 6.45) is 4.72. The van der Waals surface area contributed by atoms with E-state index in [1.807, 2.05) is 37.3 Å². The Bertz CT molecular complexity index is 762. The third kappa shape index (κ3) is 7.09. The molecule has 0 spiro atoms. The topological polar surface area (TPSA) is 87.1 Å². The zero-order valence-corrected chi connectivity index (χ0v) is 16.1. The predicted octanol–water partition coefficient (Wildman–Crippen LogP) is 2.92. The number of aliphatic carboxylic acids is 1. The molecule has 0 bridgehead atoms. The van der Waals surface area contributed by atoms with Crippen LogP contribution in [0.25, 0.3) is 0 Å². The van der Waals surface area contributed by atoms with E-state index in [0.29, 0.717) is 32.3 Å². The lowest BCUT2D eigenvalue weighted by Gasteiger charge is -2.31. The largest absolute Gasteiger partial charge is 0.481 e. The summed E-state index contributed by atoms with van der Waals surface area (Å²) in [6, 6.07) is 7.75. The quantitative estimate of drug-likeness (QED) is 0.408. The van der Waals surface area contributed by atoms with Crippen LogP contribution in [0.15, 0.2) is 36.4 Å². The van der Waals surface area contributed by atoms with Gasteiger partial charge in [-0.3, -0.25) is 9.69 Å². The standard InChI is InChI=1S/C22H27NO5/c1-17-8-5-6-9-18(17)16-20(24)12-11-19-13-15-28-22(27)23(19)14-7-3-2-4-10-21(25)26/h5-6,8-9,11-12,19-20,24H,2,4,10,13-16H2,1H3,(H,25,26)/t19-,20?/m0/s1. The van der Waals surface area contributed by atoms with E-state index in [1.54, 1.807) is 6.08 Å². The number of carboxylic acids is 1. The molecule has 1 aliphatic rings. The number of rotatable bonds is 8. The number of aliphatic hydroxyl groups is 1. The monoisotopic (exact) mass is 385 g/mol. The van der Waals surface area contributed by atoms with E-state index in [4.69, 9.17) is 9.84 Å². The van der Waals surface area contributed by atoms with E-state index in [9.17, 15) is 14.7 Å². The number of hydrogen-bond acceptors (Lipinski definition) is 4. The summed E-state index contributed by atoms with van der Waals surface area (Å²) in [5, 5.41) is 18.9. The fourth-order valence-electron chi connectivity index (χ4n) is 2.97. The van der Waals surface area contributed by atoms with Crippen LogP contribution in [-0.4, -0.2) is 52.5 Å². The van der Waals surface area contributed by atoms with Gasteiger partial charge in [-0.05, 0) is 24.5 Å². The normalized spacial score (nSPS) is 17.7. The van der Waals surface area contributed by atoms with Crippen molar-refractivity contribution in [2.45, 2.75) is 51.2 Å². The van der Waals surface area contributed by atoms with E-state index >= 15 is 0 Å². The maximum absolute atomic E-state index is 12.1. The SMILES string of the molecule is Cc1ccccc1CC(O)C=C[C@H]1CCOC(=O)N1CC#CCCCC(=O)O. The van der Waals surface area contributed by atoms with Crippen LogP contribution in [-0.2, 0) is 16.0 Å². The molecule has 6 heteroatoms. The summed E-state index contributed by atoms with van der Waals surface area (Å²) in [7, 11) is 0. The van der Waals surface area contributed by atoms with Crippen molar-refractivity contribution in [3.05, 3.63) is 47.5 Å². The van der Waals surface area contributed by atoms with Crippen LogP contribution >= 0.6 is 0 Å². The minimum absolute atomic E-state index is 0.0879. The number of carbonyl (C=O) groups excluding carboxylic acids is 1. The molecule has 1 heterocycles. The molecule has 1 aromatic rings. The van der Waals surface area contributed by atoms with Crippen LogP contribution in [0.5, 0.6) is 0 Å². The molecule has 0 saturated carbocycles. The third-order valence-corrected chi connectivity index (χ3v) is 4.59. The van der Waals surface area contributed by atoms with Crippen LogP contribution in [0, 0.1) is 18.8 Å². The first-order chi connectivity index (χ1) is 13.5. The predicted molar refractivity (Wildman–Crippen MR) is 106 cm³/mol. The average molecular weight is 385 g/mol. The number of aryl methyl sites for hydroxylation is 1. The van der Waals surface area contributed by atoms with Gasteiger partial charge in [0, 0.05) is 25.7 Å². The van der Waals surface area contributed by atoms with Crippen LogP contribution in [0.3, 0.4) is 0 Å². The van der Waals surface area contributed by atoms with E-state index < -0.39 is 18.2 Å². The highest BCUT2D eigenvalue weighted by Gasteiger charge is 2.27. The van der Waals surface area contributed by atoms with Crippen LogP contribution in [0.2, 0.25) is 0 Å². The van der Waals surface area contributed by atoms with Gasteiger partial charge in [0.25, 0.3) is 0 Å². The molecule has 0 aliphatic carbocycles. The number of aliphatic hydroxyl groups excluding tert-OH is 1. The molecule has 1 aliphatic heterocycles. The van der Waals surface area contributed by atoms with Crippen LogP contribution < -0.4 is 0 Å². The van der Waals surface area contributed by atoms with Crippen LogP contribution in [0.1, 0.15) is 36.8 Å². The van der Waals surface area contributed by atoms with Gasteiger partial charge in [0.15, 0.2) is 0 Å². The number of benzene rings is 1. The Labute approximate surface area is 165 Å². The molecule has 150 valence electrons. The van der Waals surface area contributed by atoms with Crippen molar-refractivity contribution in [3.8, 4) is 11.8 Å². The Morgan fingerprint density at radius 3 is 2.93 bits per heavy atom. The second kappa shape index (κ2) is 11.2.